The minimum atomic E-state index is -4.34. The maximum atomic E-state index is 12.5. The molecule has 1 heterocycles. The van der Waals surface area contributed by atoms with Gasteiger partial charge in [-0.15, -0.1) is 0 Å². The number of alkyl halides is 3. The van der Waals surface area contributed by atoms with Crippen LogP contribution in [0.5, 0.6) is 0 Å². The van der Waals surface area contributed by atoms with Crippen molar-refractivity contribution in [3.8, 4) is 0 Å². The Hall–Kier alpha value is -1.10. The SMILES string of the molecule is NC(c1ccc(C(F)(F)F)cn1)C1CCCCCC1. The van der Waals surface area contributed by atoms with Gasteiger partial charge in [-0.05, 0) is 30.9 Å². The van der Waals surface area contributed by atoms with Gasteiger partial charge < -0.3 is 5.73 Å². The molecule has 0 amide bonds. The number of aromatic nitrogens is 1. The average Bonchev–Trinajstić information content (AvgIpc) is 2.66. The summed E-state index contributed by atoms with van der Waals surface area (Å²) in [4.78, 5) is 3.91. The van der Waals surface area contributed by atoms with Crippen molar-refractivity contribution in [3.05, 3.63) is 29.6 Å². The van der Waals surface area contributed by atoms with Gasteiger partial charge in [0.15, 0.2) is 0 Å². The number of rotatable bonds is 2. The van der Waals surface area contributed by atoms with Crippen LogP contribution in [0, 0.1) is 5.92 Å². The summed E-state index contributed by atoms with van der Waals surface area (Å²) in [5.41, 5.74) is 6.01. The third-order valence-electron chi connectivity index (χ3n) is 3.86. The Kier molecular flexibility index (Phi) is 4.45. The molecule has 106 valence electrons. The molecule has 2 rings (SSSR count). The summed E-state index contributed by atoms with van der Waals surface area (Å²) in [6.45, 7) is 0. The number of hydrogen-bond donors (Lipinski definition) is 1. The lowest BCUT2D eigenvalue weighted by Gasteiger charge is -2.22. The van der Waals surface area contributed by atoms with Crippen molar-refractivity contribution in [2.45, 2.75) is 50.7 Å². The molecule has 2 nitrogen and oxygen atoms in total. The summed E-state index contributed by atoms with van der Waals surface area (Å²) < 4.78 is 37.4. The largest absolute Gasteiger partial charge is 0.417 e. The fraction of sp³-hybridized carbons (Fsp3) is 0.643. The Bertz CT molecular complexity index is 392. The van der Waals surface area contributed by atoms with Gasteiger partial charge in [0.2, 0.25) is 0 Å². The van der Waals surface area contributed by atoms with E-state index in [1.165, 1.54) is 18.9 Å². The highest BCUT2D eigenvalue weighted by molar-refractivity contribution is 5.19. The molecule has 0 radical (unpaired) electrons. The summed E-state index contributed by atoms with van der Waals surface area (Å²) in [6, 6.07) is 2.23. The second-order valence-electron chi connectivity index (χ2n) is 5.25. The van der Waals surface area contributed by atoms with Crippen LogP contribution in [0.2, 0.25) is 0 Å². The van der Waals surface area contributed by atoms with E-state index in [9.17, 15) is 13.2 Å². The summed E-state index contributed by atoms with van der Waals surface area (Å²) in [5.74, 6) is 0.340. The molecule has 0 bridgehead atoms. The van der Waals surface area contributed by atoms with E-state index in [2.05, 4.69) is 4.98 Å². The number of hydrogen-bond acceptors (Lipinski definition) is 2. The highest BCUT2D eigenvalue weighted by atomic mass is 19.4. The third-order valence-corrected chi connectivity index (χ3v) is 3.86. The van der Waals surface area contributed by atoms with E-state index >= 15 is 0 Å². The van der Waals surface area contributed by atoms with E-state index in [-0.39, 0.29) is 6.04 Å². The van der Waals surface area contributed by atoms with Crippen LogP contribution in [-0.2, 0) is 6.18 Å². The second-order valence-corrected chi connectivity index (χ2v) is 5.25. The highest BCUT2D eigenvalue weighted by Gasteiger charge is 2.31. The van der Waals surface area contributed by atoms with Crippen molar-refractivity contribution in [2.75, 3.05) is 0 Å². The van der Waals surface area contributed by atoms with E-state index in [4.69, 9.17) is 5.73 Å². The van der Waals surface area contributed by atoms with Gasteiger partial charge in [0.1, 0.15) is 0 Å². The monoisotopic (exact) mass is 272 g/mol. The zero-order chi connectivity index (χ0) is 13.9. The zero-order valence-electron chi connectivity index (χ0n) is 10.8. The van der Waals surface area contributed by atoms with E-state index in [0.29, 0.717) is 11.6 Å². The lowest BCUT2D eigenvalue weighted by molar-refractivity contribution is -0.137. The molecule has 5 heteroatoms. The molecule has 1 saturated carbocycles. The Morgan fingerprint density at radius 1 is 1.11 bits per heavy atom. The predicted molar refractivity (Wildman–Crippen MR) is 67.4 cm³/mol. The topological polar surface area (TPSA) is 38.9 Å². The molecule has 1 aliphatic carbocycles. The maximum absolute atomic E-state index is 12.5. The Balaban J connectivity index is 2.08. The van der Waals surface area contributed by atoms with Crippen LogP contribution in [0.15, 0.2) is 18.3 Å². The van der Waals surface area contributed by atoms with Gasteiger partial charge >= 0.3 is 6.18 Å². The van der Waals surface area contributed by atoms with Gasteiger partial charge in [-0.1, -0.05) is 25.7 Å². The van der Waals surface area contributed by atoms with Crippen molar-refractivity contribution < 1.29 is 13.2 Å². The summed E-state index contributed by atoms with van der Waals surface area (Å²) in [7, 11) is 0. The molecule has 1 aromatic rings. The Morgan fingerprint density at radius 3 is 2.21 bits per heavy atom. The molecule has 0 aliphatic heterocycles. The molecule has 0 aromatic carbocycles. The van der Waals surface area contributed by atoms with Gasteiger partial charge in [-0.2, -0.15) is 13.2 Å². The lowest BCUT2D eigenvalue weighted by atomic mass is 9.90. The summed E-state index contributed by atoms with van der Waals surface area (Å²) in [6.07, 6.45) is 3.39. The van der Waals surface area contributed by atoms with Crippen LogP contribution < -0.4 is 5.73 Å². The number of nitrogens with two attached hydrogens (primary N) is 1. The second kappa shape index (κ2) is 5.90. The van der Waals surface area contributed by atoms with Crippen LogP contribution in [0.25, 0.3) is 0 Å². The van der Waals surface area contributed by atoms with Gasteiger partial charge in [0.25, 0.3) is 0 Å². The first-order chi connectivity index (χ1) is 8.98. The Morgan fingerprint density at radius 2 is 1.74 bits per heavy atom. The standard InChI is InChI=1S/C14H19F3N2/c15-14(16,17)11-7-8-12(19-9-11)13(18)10-5-3-1-2-4-6-10/h7-10,13H,1-6,18H2. The molecule has 0 spiro atoms. The molecule has 0 saturated heterocycles. The normalized spacial score (nSPS) is 20.0. The van der Waals surface area contributed by atoms with Gasteiger partial charge in [0, 0.05) is 12.2 Å². The number of nitrogens with zero attached hydrogens (tertiary/aromatic N) is 1. The summed E-state index contributed by atoms with van der Waals surface area (Å²) >= 11 is 0. The van der Waals surface area contributed by atoms with Crippen LogP contribution in [0.1, 0.15) is 55.8 Å². The highest BCUT2D eigenvalue weighted by Crippen LogP contribution is 2.33. The van der Waals surface area contributed by atoms with Crippen LogP contribution in [0.4, 0.5) is 13.2 Å². The van der Waals surface area contributed by atoms with Crippen LogP contribution in [0.3, 0.4) is 0 Å². The minimum Gasteiger partial charge on any atom is -0.322 e. The predicted octanol–water partition coefficient (Wildman–Crippen LogP) is 4.07. The fourth-order valence-corrected chi connectivity index (χ4v) is 2.68. The Labute approximate surface area is 111 Å². The first-order valence-corrected chi connectivity index (χ1v) is 6.77. The number of pyridine rings is 1. The van der Waals surface area contributed by atoms with E-state index in [0.717, 1.165) is 37.9 Å². The van der Waals surface area contributed by atoms with Crippen molar-refractivity contribution in [1.82, 2.24) is 4.98 Å². The van der Waals surface area contributed by atoms with Crippen molar-refractivity contribution >= 4 is 0 Å². The average molecular weight is 272 g/mol. The minimum absolute atomic E-state index is 0.250. The first kappa shape index (κ1) is 14.3. The molecule has 1 unspecified atom stereocenters. The fourth-order valence-electron chi connectivity index (χ4n) is 2.68. The van der Waals surface area contributed by atoms with E-state index < -0.39 is 11.7 Å². The zero-order valence-corrected chi connectivity index (χ0v) is 10.8. The molecular formula is C14H19F3N2. The summed E-state index contributed by atoms with van der Waals surface area (Å²) in [5, 5.41) is 0. The first-order valence-electron chi connectivity index (χ1n) is 6.77. The molecule has 1 fully saturated rings. The quantitative estimate of drug-likeness (QED) is 0.824. The number of halogens is 3. The van der Waals surface area contributed by atoms with Crippen molar-refractivity contribution in [2.24, 2.45) is 11.7 Å². The molecule has 2 N–H and O–H groups in total. The van der Waals surface area contributed by atoms with Crippen molar-refractivity contribution in [1.29, 1.82) is 0 Å². The smallest absolute Gasteiger partial charge is 0.322 e. The molecule has 1 aromatic heterocycles. The molecule has 1 aliphatic rings. The van der Waals surface area contributed by atoms with Gasteiger partial charge in [-0.3, -0.25) is 4.98 Å². The van der Waals surface area contributed by atoms with E-state index in [1.807, 2.05) is 0 Å². The molecule has 19 heavy (non-hydrogen) atoms. The molecule has 1 atom stereocenters. The van der Waals surface area contributed by atoms with Crippen LogP contribution >= 0.6 is 0 Å². The van der Waals surface area contributed by atoms with Gasteiger partial charge in [0.05, 0.1) is 11.3 Å². The lowest BCUT2D eigenvalue weighted by Crippen LogP contribution is -2.22. The van der Waals surface area contributed by atoms with Crippen molar-refractivity contribution in [3.63, 3.8) is 0 Å². The van der Waals surface area contributed by atoms with Gasteiger partial charge in [-0.25, -0.2) is 0 Å². The maximum Gasteiger partial charge on any atom is 0.417 e. The third kappa shape index (κ3) is 3.69. The molecular weight excluding hydrogens is 253 g/mol. The van der Waals surface area contributed by atoms with Crippen LogP contribution in [-0.4, -0.2) is 4.98 Å². The van der Waals surface area contributed by atoms with E-state index in [1.54, 1.807) is 0 Å².